The molecule has 0 aliphatic carbocycles. The number of nitrogens with zero attached hydrogens (tertiary/aromatic N) is 3. The molecule has 0 aromatic heterocycles. The van der Waals surface area contributed by atoms with Gasteiger partial charge in [-0.25, -0.2) is 9.38 Å². The first-order valence-corrected chi connectivity index (χ1v) is 8.41. The van der Waals surface area contributed by atoms with Gasteiger partial charge in [0.25, 0.3) is 0 Å². The van der Waals surface area contributed by atoms with Crippen LogP contribution in [0.3, 0.4) is 0 Å². The van der Waals surface area contributed by atoms with E-state index in [1.54, 1.807) is 0 Å². The number of hydrogen-bond donors (Lipinski definition) is 1. The van der Waals surface area contributed by atoms with E-state index < -0.39 is 11.5 Å². The van der Waals surface area contributed by atoms with Crippen molar-refractivity contribution < 1.29 is 14.3 Å². The Bertz CT molecular complexity index is 729. The highest BCUT2D eigenvalue weighted by Gasteiger charge is 2.16. The Kier molecular flexibility index (Phi) is 6.70. The fourth-order valence-electron chi connectivity index (χ4n) is 2.81. The smallest absolute Gasteiger partial charge is 0.195 e. The van der Waals surface area contributed by atoms with Crippen molar-refractivity contribution in [2.24, 2.45) is 4.99 Å². The normalized spacial score (nSPS) is 15.8. The van der Waals surface area contributed by atoms with Gasteiger partial charge in [0.2, 0.25) is 0 Å². The van der Waals surface area contributed by atoms with Gasteiger partial charge < -0.3 is 10.0 Å². The Labute approximate surface area is 147 Å². The van der Waals surface area contributed by atoms with Gasteiger partial charge in [-0.2, -0.15) is 5.26 Å². The van der Waals surface area contributed by atoms with Crippen molar-refractivity contribution in [3.8, 4) is 6.07 Å². The lowest BCUT2D eigenvalue weighted by Gasteiger charge is -2.29. The number of allylic oxidation sites excluding steroid dienone is 1. The van der Waals surface area contributed by atoms with Crippen molar-refractivity contribution in [2.45, 2.75) is 39.0 Å². The second kappa shape index (κ2) is 8.97. The first kappa shape index (κ1) is 18.7. The summed E-state index contributed by atoms with van der Waals surface area (Å²) in [7, 11) is 0. The van der Waals surface area contributed by atoms with Crippen molar-refractivity contribution in [2.75, 3.05) is 13.1 Å². The lowest BCUT2D eigenvalue weighted by Crippen LogP contribution is -2.35. The van der Waals surface area contributed by atoms with E-state index in [-0.39, 0.29) is 5.82 Å². The summed E-state index contributed by atoms with van der Waals surface area (Å²) >= 11 is 0. The summed E-state index contributed by atoms with van der Waals surface area (Å²) in [5.74, 6) is -0.475. The molecule has 1 aromatic rings. The van der Waals surface area contributed by atoms with Crippen molar-refractivity contribution in [1.29, 1.82) is 5.26 Å². The lowest BCUT2D eigenvalue weighted by atomic mass is 10.0. The third-order valence-electron chi connectivity index (χ3n) is 4.22. The average molecular weight is 343 g/mol. The monoisotopic (exact) mass is 343 g/mol. The van der Waals surface area contributed by atoms with Crippen LogP contribution in [0.4, 0.5) is 4.39 Å². The molecule has 0 radical (unpaired) electrons. The van der Waals surface area contributed by atoms with E-state index in [4.69, 9.17) is 5.26 Å². The second-order valence-corrected chi connectivity index (χ2v) is 6.08. The van der Waals surface area contributed by atoms with E-state index in [9.17, 15) is 14.3 Å². The Balaban J connectivity index is 2.20. The number of ketones is 1. The number of nitriles is 1. The molecule has 0 spiro atoms. The predicted molar refractivity (Wildman–Crippen MR) is 93.7 cm³/mol. The van der Waals surface area contributed by atoms with E-state index >= 15 is 0 Å². The van der Waals surface area contributed by atoms with Crippen LogP contribution in [-0.4, -0.2) is 34.7 Å². The van der Waals surface area contributed by atoms with Crippen molar-refractivity contribution in [3.05, 3.63) is 47.1 Å². The highest BCUT2D eigenvalue weighted by Crippen LogP contribution is 2.16. The summed E-state index contributed by atoms with van der Waals surface area (Å²) in [6.45, 7) is 3.00. The number of halogens is 1. The number of aryl methyl sites for hydroxylation is 1. The molecule has 1 saturated heterocycles. The Morgan fingerprint density at radius 2 is 2.12 bits per heavy atom. The molecule has 0 saturated carbocycles. The number of aliphatic hydroxyl groups is 1. The van der Waals surface area contributed by atoms with Gasteiger partial charge in [0, 0.05) is 26.4 Å². The number of rotatable bonds is 5. The molecule has 0 atom stereocenters. The number of benzene rings is 1. The van der Waals surface area contributed by atoms with Crippen LogP contribution in [0.2, 0.25) is 0 Å². The molecular weight excluding hydrogens is 321 g/mol. The topological polar surface area (TPSA) is 76.7 Å². The standard InChI is InChI=1S/C19H22FN3O2/c1-14(24)18(25)13-22-19(23-9-3-2-4-10-23)8-6-15-11-17(20)7-5-16(15)12-21/h5,7,11,13,25H,2-4,6,8-10H2,1H3/b18-13+,22-19?. The molecule has 132 valence electrons. The zero-order valence-electron chi connectivity index (χ0n) is 14.3. The van der Waals surface area contributed by atoms with Crippen molar-refractivity contribution >= 4 is 11.6 Å². The number of aliphatic hydroxyl groups excluding tert-OH is 1. The van der Waals surface area contributed by atoms with Crippen LogP contribution in [0, 0.1) is 17.1 Å². The fraction of sp³-hybridized carbons (Fsp3) is 0.421. The average Bonchev–Trinajstić information content (AvgIpc) is 2.62. The Hall–Kier alpha value is -2.68. The minimum atomic E-state index is -0.446. The molecule has 1 aromatic carbocycles. The van der Waals surface area contributed by atoms with E-state index in [1.165, 1.54) is 37.7 Å². The van der Waals surface area contributed by atoms with E-state index in [0.29, 0.717) is 24.0 Å². The summed E-state index contributed by atoms with van der Waals surface area (Å²) in [5.41, 5.74) is 1.08. The number of carbonyl (C=O) groups excluding carboxylic acids is 1. The largest absolute Gasteiger partial charge is 0.503 e. The third-order valence-corrected chi connectivity index (χ3v) is 4.22. The summed E-state index contributed by atoms with van der Waals surface area (Å²) in [6, 6.07) is 6.19. The quantitative estimate of drug-likeness (QED) is 0.384. The van der Waals surface area contributed by atoms with Gasteiger partial charge in [-0.3, -0.25) is 4.79 Å². The molecule has 6 heteroatoms. The molecule has 25 heavy (non-hydrogen) atoms. The number of likely N-dealkylation sites (tertiary alicyclic amines) is 1. The first-order valence-electron chi connectivity index (χ1n) is 8.41. The SMILES string of the molecule is CC(=O)/C(O)=C\N=C(CCc1cc(F)ccc1C#N)N1CCCCC1. The molecule has 2 rings (SSSR count). The molecule has 1 aliphatic heterocycles. The van der Waals surface area contributed by atoms with Crippen LogP contribution in [0.25, 0.3) is 0 Å². The molecule has 0 amide bonds. The van der Waals surface area contributed by atoms with Gasteiger partial charge in [0.1, 0.15) is 11.7 Å². The summed E-state index contributed by atoms with van der Waals surface area (Å²) < 4.78 is 13.5. The second-order valence-electron chi connectivity index (χ2n) is 6.08. The number of piperidine rings is 1. The minimum Gasteiger partial charge on any atom is -0.503 e. The van der Waals surface area contributed by atoms with Crippen LogP contribution in [0.15, 0.2) is 35.2 Å². The maximum atomic E-state index is 13.5. The van der Waals surface area contributed by atoms with E-state index in [1.807, 2.05) is 0 Å². The highest BCUT2D eigenvalue weighted by atomic mass is 19.1. The lowest BCUT2D eigenvalue weighted by molar-refractivity contribution is -0.115. The Morgan fingerprint density at radius 1 is 1.40 bits per heavy atom. The van der Waals surface area contributed by atoms with Crippen LogP contribution in [0.1, 0.15) is 43.7 Å². The van der Waals surface area contributed by atoms with Gasteiger partial charge in [-0.05, 0) is 49.4 Å². The number of Topliss-reactive ketones (excluding diaryl/α,β-unsaturated/α-hetero) is 1. The first-order chi connectivity index (χ1) is 12.0. The maximum Gasteiger partial charge on any atom is 0.195 e. The summed E-state index contributed by atoms with van der Waals surface area (Å²) in [5, 5.41) is 18.7. The minimum absolute atomic E-state index is 0.375. The maximum absolute atomic E-state index is 13.5. The van der Waals surface area contributed by atoms with Crippen molar-refractivity contribution in [1.82, 2.24) is 4.90 Å². The highest BCUT2D eigenvalue weighted by molar-refractivity contribution is 5.91. The van der Waals surface area contributed by atoms with Gasteiger partial charge in [0.05, 0.1) is 17.8 Å². The van der Waals surface area contributed by atoms with Crippen LogP contribution in [-0.2, 0) is 11.2 Å². The molecule has 1 N–H and O–H groups in total. The number of carbonyl (C=O) groups is 1. The van der Waals surface area contributed by atoms with Gasteiger partial charge in [-0.1, -0.05) is 0 Å². The van der Waals surface area contributed by atoms with Gasteiger partial charge in [0.15, 0.2) is 11.5 Å². The molecular formula is C19H22FN3O2. The Morgan fingerprint density at radius 3 is 2.76 bits per heavy atom. The van der Waals surface area contributed by atoms with Crippen LogP contribution >= 0.6 is 0 Å². The summed E-state index contributed by atoms with van der Waals surface area (Å²) in [4.78, 5) is 17.6. The fourth-order valence-corrected chi connectivity index (χ4v) is 2.81. The number of aliphatic imine (C=N–C) groups is 1. The van der Waals surface area contributed by atoms with Crippen molar-refractivity contribution in [3.63, 3.8) is 0 Å². The zero-order chi connectivity index (χ0) is 18.2. The molecule has 0 unspecified atom stereocenters. The predicted octanol–water partition coefficient (Wildman–Crippen LogP) is 3.50. The number of hydrogen-bond acceptors (Lipinski definition) is 4. The van der Waals surface area contributed by atoms with Crippen LogP contribution < -0.4 is 0 Å². The van der Waals surface area contributed by atoms with Gasteiger partial charge >= 0.3 is 0 Å². The molecule has 1 heterocycles. The molecule has 0 bridgehead atoms. The van der Waals surface area contributed by atoms with Gasteiger partial charge in [-0.15, -0.1) is 0 Å². The van der Waals surface area contributed by atoms with E-state index in [2.05, 4.69) is 16.0 Å². The van der Waals surface area contributed by atoms with E-state index in [0.717, 1.165) is 31.8 Å². The third kappa shape index (κ3) is 5.42. The molecule has 5 nitrogen and oxygen atoms in total. The number of amidine groups is 1. The zero-order valence-corrected chi connectivity index (χ0v) is 14.3. The molecule has 1 aliphatic rings. The summed E-state index contributed by atoms with van der Waals surface area (Å²) in [6.07, 6.45) is 5.42. The van der Waals surface area contributed by atoms with Crippen LogP contribution in [0.5, 0.6) is 0 Å². The molecule has 1 fully saturated rings.